The van der Waals surface area contributed by atoms with Gasteiger partial charge in [0.2, 0.25) is 0 Å². The van der Waals surface area contributed by atoms with Crippen LogP contribution in [0.5, 0.6) is 0 Å². The fourth-order valence-electron chi connectivity index (χ4n) is 2.54. The Hall–Kier alpha value is -2.39. The average Bonchev–Trinajstić information content (AvgIpc) is 3.01. The Morgan fingerprint density at radius 3 is 2.43 bits per heavy atom. The molecule has 106 valence electrons. The SMILES string of the molecule is Cc1cccc(-c2ccc(C(C)O)cc2)c1-n1cccn1. The molecule has 0 bridgehead atoms. The molecule has 0 radical (unpaired) electrons. The zero-order valence-electron chi connectivity index (χ0n) is 12.2. The highest BCUT2D eigenvalue weighted by atomic mass is 16.3. The lowest BCUT2D eigenvalue weighted by atomic mass is 9.98. The lowest BCUT2D eigenvalue weighted by Gasteiger charge is -2.14. The second-order valence-corrected chi connectivity index (χ2v) is 5.22. The number of hydrogen-bond acceptors (Lipinski definition) is 2. The summed E-state index contributed by atoms with van der Waals surface area (Å²) in [4.78, 5) is 0. The highest BCUT2D eigenvalue weighted by molar-refractivity contribution is 5.74. The van der Waals surface area contributed by atoms with E-state index in [1.54, 1.807) is 13.1 Å². The first-order chi connectivity index (χ1) is 10.2. The zero-order chi connectivity index (χ0) is 14.8. The maximum absolute atomic E-state index is 9.62. The van der Waals surface area contributed by atoms with Crippen LogP contribution < -0.4 is 0 Å². The lowest BCUT2D eigenvalue weighted by molar-refractivity contribution is 0.199. The van der Waals surface area contributed by atoms with Gasteiger partial charge in [-0.15, -0.1) is 0 Å². The van der Waals surface area contributed by atoms with E-state index in [1.165, 1.54) is 5.56 Å². The largest absolute Gasteiger partial charge is 0.389 e. The Kier molecular flexibility index (Phi) is 3.59. The number of rotatable bonds is 3. The first-order valence-electron chi connectivity index (χ1n) is 7.05. The van der Waals surface area contributed by atoms with Crippen LogP contribution in [0.2, 0.25) is 0 Å². The molecule has 1 unspecified atom stereocenters. The molecule has 0 aliphatic rings. The average molecular weight is 278 g/mol. The smallest absolute Gasteiger partial charge is 0.0761 e. The quantitative estimate of drug-likeness (QED) is 0.789. The molecular weight excluding hydrogens is 260 g/mol. The molecule has 0 fully saturated rings. The van der Waals surface area contributed by atoms with Crippen LogP contribution in [0.25, 0.3) is 16.8 Å². The molecule has 3 heteroatoms. The van der Waals surface area contributed by atoms with Crippen molar-refractivity contribution < 1.29 is 5.11 Å². The van der Waals surface area contributed by atoms with Crippen LogP contribution in [0.15, 0.2) is 60.9 Å². The Morgan fingerprint density at radius 1 is 1.05 bits per heavy atom. The predicted molar refractivity (Wildman–Crippen MR) is 84.4 cm³/mol. The van der Waals surface area contributed by atoms with Gasteiger partial charge in [-0.2, -0.15) is 5.10 Å². The minimum atomic E-state index is -0.442. The summed E-state index contributed by atoms with van der Waals surface area (Å²) in [5, 5.41) is 14.0. The summed E-state index contributed by atoms with van der Waals surface area (Å²) in [5.41, 5.74) is 5.44. The molecule has 1 N–H and O–H groups in total. The Morgan fingerprint density at radius 2 is 1.81 bits per heavy atom. The molecule has 0 aliphatic carbocycles. The van der Waals surface area contributed by atoms with Gasteiger partial charge < -0.3 is 5.11 Å². The highest BCUT2D eigenvalue weighted by Gasteiger charge is 2.10. The molecule has 0 aliphatic heterocycles. The fourth-order valence-corrected chi connectivity index (χ4v) is 2.54. The maximum atomic E-state index is 9.62. The molecule has 0 saturated carbocycles. The van der Waals surface area contributed by atoms with Gasteiger partial charge in [-0.05, 0) is 36.6 Å². The highest BCUT2D eigenvalue weighted by Crippen LogP contribution is 2.29. The van der Waals surface area contributed by atoms with Gasteiger partial charge in [-0.3, -0.25) is 0 Å². The van der Waals surface area contributed by atoms with Crippen LogP contribution in [0.4, 0.5) is 0 Å². The molecule has 1 atom stereocenters. The van der Waals surface area contributed by atoms with Crippen LogP contribution in [0.3, 0.4) is 0 Å². The molecule has 3 rings (SSSR count). The number of aryl methyl sites for hydroxylation is 1. The van der Waals surface area contributed by atoms with E-state index in [1.807, 2.05) is 41.2 Å². The van der Waals surface area contributed by atoms with Crippen molar-refractivity contribution in [1.82, 2.24) is 9.78 Å². The predicted octanol–water partition coefficient (Wildman–Crippen LogP) is 3.90. The lowest BCUT2D eigenvalue weighted by Crippen LogP contribution is -2.00. The van der Waals surface area contributed by atoms with Crippen molar-refractivity contribution in [2.24, 2.45) is 0 Å². The van der Waals surface area contributed by atoms with E-state index in [4.69, 9.17) is 0 Å². The van der Waals surface area contributed by atoms with Crippen LogP contribution in [-0.4, -0.2) is 14.9 Å². The first-order valence-corrected chi connectivity index (χ1v) is 7.05. The summed E-state index contributed by atoms with van der Waals surface area (Å²) in [6.07, 6.45) is 3.30. The van der Waals surface area contributed by atoms with Crippen molar-refractivity contribution in [3.8, 4) is 16.8 Å². The Balaban J connectivity index is 2.12. The number of nitrogens with zero attached hydrogens (tertiary/aromatic N) is 2. The summed E-state index contributed by atoms with van der Waals surface area (Å²) in [6.45, 7) is 3.86. The Labute approximate surface area is 124 Å². The summed E-state index contributed by atoms with van der Waals surface area (Å²) in [6, 6.07) is 16.2. The minimum Gasteiger partial charge on any atom is -0.389 e. The fraction of sp³-hybridized carbons (Fsp3) is 0.167. The van der Waals surface area contributed by atoms with Gasteiger partial charge in [-0.1, -0.05) is 42.5 Å². The van der Waals surface area contributed by atoms with Crippen molar-refractivity contribution >= 4 is 0 Å². The van der Waals surface area contributed by atoms with Crippen LogP contribution in [0, 0.1) is 6.92 Å². The molecule has 1 heterocycles. The number of aliphatic hydroxyl groups excluding tert-OH is 1. The Bertz CT molecular complexity index is 728. The monoisotopic (exact) mass is 278 g/mol. The molecule has 0 saturated heterocycles. The standard InChI is InChI=1S/C18H18N2O/c1-13-5-3-6-17(18(13)20-12-4-11-19-20)16-9-7-15(8-10-16)14(2)21/h3-12,14,21H,1-2H3. The second-order valence-electron chi connectivity index (χ2n) is 5.22. The maximum Gasteiger partial charge on any atom is 0.0761 e. The zero-order valence-corrected chi connectivity index (χ0v) is 12.2. The third-order valence-electron chi connectivity index (χ3n) is 3.68. The van der Waals surface area contributed by atoms with E-state index >= 15 is 0 Å². The minimum absolute atomic E-state index is 0.442. The molecular formula is C18H18N2O. The topological polar surface area (TPSA) is 38.0 Å². The van der Waals surface area contributed by atoms with Gasteiger partial charge >= 0.3 is 0 Å². The number of hydrogen-bond donors (Lipinski definition) is 1. The first kappa shape index (κ1) is 13.6. The molecule has 3 nitrogen and oxygen atoms in total. The van der Waals surface area contributed by atoms with Crippen molar-refractivity contribution in [1.29, 1.82) is 0 Å². The summed E-state index contributed by atoms with van der Waals surface area (Å²) >= 11 is 0. The summed E-state index contributed by atoms with van der Waals surface area (Å²) < 4.78 is 1.90. The van der Waals surface area contributed by atoms with Gasteiger partial charge in [0.15, 0.2) is 0 Å². The van der Waals surface area contributed by atoms with Crippen molar-refractivity contribution in [2.45, 2.75) is 20.0 Å². The van der Waals surface area contributed by atoms with E-state index in [-0.39, 0.29) is 0 Å². The second kappa shape index (κ2) is 5.54. The van der Waals surface area contributed by atoms with Crippen LogP contribution in [-0.2, 0) is 0 Å². The van der Waals surface area contributed by atoms with Crippen LogP contribution >= 0.6 is 0 Å². The van der Waals surface area contributed by atoms with Gasteiger partial charge in [0.25, 0.3) is 0 Å². The molecule has 3 aromatic rings. The number of aromatic nitrogens is 2. The van der Waals surface area contributed by atoms with Crippen molar-refractivity contribution in [3.05, 3.63) is 72.1 Å². The molecule has 1 aromatic heterocycles. The van der Waals surface area contributed by atoms with E-state index < -0.39 is 6.10 Å². The third-order valence-corrected chi connectivity index (χ3v) is 3.68. The number of benzene rings is 2. The van der Waals surface area contributed by atoms with Gasteiger partial charge in [-0.25, -0.2) is 4.68 Å². The van der Waals surface area contributed by atoms with Crippen LogP contribution in [0.1, 0.15) is 24.2 Å². The molecule has 21 heavy (non-hydrogen) atoms. The van der Waals surface area contributed by atoms with E-state index in [0.29, 0.717) is 0 Å². The molecule has 0 amide bonds. The summed E-state index contributed by atoms with van der Waals surface area (Å²) in [5.74, 6) is 0. The van der Waals surface area contributed by atoms with E-state index in [9.17, 15) is 5.11 Å². The number of para-hydroxylation sites is 1. The van der Waals surface area contributed by atoms with Gasteiger partial charge in [0.05, 0.1) is 11.8 Å². The summed E-state index contributed by atoms with van der Waals surface area (Å²) in [7, 11) is 0. The number of aliphatic hydroxyl groups is 1. The van der Waals surface area contributed by atoms with E-state index in [0.717, 1.165) is 22.4 Å². The van der Waals surface area contributed by atoms with E-state index in [2.05, 4.69) is 30.2 Å². The van der Waals surface area contributed by atoms with Gasteiger partial charge in [0.1, 0.15) is 0 Å². The molecule has 0 spiro atoms. The molecule has 2 aromatic carbocycles. The normalized spacial score (nSPS) is 12.3. The third kappa shape index (κ3) is 2.60. The van der Waals surface area contributed by atoms with Gasteiger partial charge in [0, 0.05) is 18.0 Å². The van der Waals surface area contributed by atoms with Crippen molar-refractivity contribution in [2.75, 3.05) is 0 Å². The van der Waals surface area contributed by atoms with Crippen molar-refractivity contribution in [3.63, 3.8) is 0 Å².